The first-order valence-electron chi connectivity index (χ1n) is 4.03. The fraction of sp³-hybridized carbons (Fsp3) is 0.500. The Balaban J connectivity index is 2.28. The molecule has 2 heterocycles. The van der Waals surface area contributed by atoms with Crippen LogP contribution in [0.2, 0.25) is 0 Å². The number of aromatic nitrogens is 1. The van der Waals surface area contributed by atoms with Crippen LogP contribution in [0.25, 0.3) is 0 Å². The zero-order chi connectivity index (χ0) is 9.26. The van der Waals surface area contributed by atoms with Gasteiger partial charge in [-0.15, -0.1) is 0 Å². The second kappa shape index (κ2) is 3.18. The van der Waals surface area contributed by atoms with Crippen molar-refractivity contribution in [1.29, 1.82) is 0 Å². The van der Waals surface area contributed by atoms with Gasteiger partial charge < -0.3 is 14.3 Å². The van der Waals surface area contributed by atoms with Gasteiger partial charge in [0.15, 0.2) is 12.1 Å². The molecule has 0 aliphatic carbocycles. The number of ether oxygens (including phenoxy) is 1. The number of nitrogens with zero attached hydrogens (tertiary/aromatic N) is 1. The lowest BCUT2D eigenvalue weighted by Gasteiger charge is -2.02. The molecule has 1 atom stereocenters. The molecule has 1 aliphatic heterocycles. The number of hydrogen-bond donors (Lipinski definition) is 1. The minimum atomic E-state index is -1.05. The normalized spacial score (nSPS) is 22.0. The SMILES string of the molecule is O=C(O)c1ncoc1C1CCOC1. The van der Waals surface area contributed by atoms with Gasteiger partial charge in [0.05, 0.1) is 6.61 Å². The second-order valence-electron chi connectivity index (χ2n) is 2.93. The van der Waals surface area contributed by atoms with E-state index < -0.39 is 5.97 Å². The molecule has 13 heavy (non-hydrogen) atoms. The maximum Gasteiger partial charge on any atom is 0.358 e. The summed E-state index contributed by atoms with van der Waals surface area (Å²) in [7, 11) is 0. The van der Waals surface area contributed by atoms with Gasteiger partial charge in [0.1, 0.15) is 5.76 Å². The highest BCUT2D eigenvalue weighted by Crippen LogP contribution is 2.27. The first kappa shape index (κ1) is 8.25. The van der Waals surface area contributed by atoms with Crippen LogP contribution in [0, 0.1) is 0 Å². The summed E-state index contributed by atoms with van der Waals surface area (Å²) in [5.41, 5.74) is 0.00972. The van der Waals surface area contributed by atoms with Crippen molar-refractivity contribution in [3.05, 3.63) is 17.8 Å². The molecule has 0 radical (unpaired) electrons. The number of oxazole rings is 1. The molecule has 5 nitrogen and oxygen atoms in total. The lowest BCUT2D eigenvalue weighted by molar-refractivity contribution is 0.0688. The fourth-order valence-corrected chi connectivity index (χ4v) is 1.45. The van der Waals surface area contributed by atoms with Crippen LogP contribution in [-0.4, -0.2) is 29.3 Å². The summed E-state index contributed by atoms with van der Waals surface area (Å²) in [6, 6.07) is 0. The van der Waals surface area contributed by atoms with Crippen molar-refractivity contribution < 1.29 is 19.1 Å². The topological polar surface area (TPSA) is 72.6 Å². The molecule has 0 amide bonds. The molecule has 0 saturated carbocycles. The van der Waals surface area contributed by atoms with E-state index in [-0.39, 0.29) is 11.6 Å². The van der Waals surface area contributed by atoms with Gasteiger partial charge in [-0.05, 0) is 6.42 Å². The highest BCUT2D eigenvalue weighted by Gasteiger charge is 2.27. The number of carbonyl (C=O) groups is 1. The van der Waals surface area contributed by atoms with Crippen LogP contribution < -0.4 is 0 Å². The molecule has 1 fully saturated rings. The smallest absolute Gasteiger partial charge is 0.358 e. The van der Waals surface area contributed by atoms with Crippen LogP contribution in [0.3, 0.4) is 0 Å². The Morgan fingerprint density at radius 2 is 2.54 bits per heavy atom. The number of aromatic carboxylic acids is 1. The van der Waals surface area contributed by atoms with Crippen molar-refractivity contribution in [2.75, 3.05) is 13.2 Å². The summed E-state index contributed by atoms with van der Waals surface area (Å²) in [6.45, 7) is 1.18. The molecule has 1 unspecified atom stereocenters. The largest absolute Gasteiger partial charge is 0.476 e. The van der Waals surface area contributed by atoms with Gasteiger partial charge in [-0.1, -0.05) is 0 Å². The van der Waals surface area contributed by atoms with Gasteiger partial charge in [-0.25, -0.2) is 9.78 Å². The standard InChI is InChI=1S/C8H9NO4/c10-8(11)6-7(13-4-9-6)5-1-2-12-3-5/h4-5H,1-3H2,(H,10,11). The zero-order valence-corrected chi connectivity index (χ0v) is 6.90. The molecule has 2 rings (SSSR count). The van der Waals surface area contributed by atoms with E-state index in [9.17, 15) is 4.79 Å². The van der Waals surface area contributed by atoms with E-state index >= 15 is 0 Å². The summed E-state index contributed by atoms with van der Waals surface area (Å²) in [5.74, 6) is -0.561. The monoisotopic (exact) mass is 183 g/mol. The second-order valence-corrected chi connectivity index (χ2v) is 2.93. The molecule has 0 aromatic carbocycles. The summed E-state index contributed by atoms with van der Waals surface area (Å²) in [5, 5.41) is 8.75. The Morgan fingerprint density at radius 3 is 3.15 bits per heavy atom. The van der Waals surface area contributed by atoms with Crippen molar-refractivity contribution >= 4 is 5.97 Å². The third-order valence-corrected chi connectivity index (χ3v) is 2.10. The van der Waals surface area contributed by atoms with Gasteiger partial charge in [-0.2, -0.15) is 0 Å². The van der Waals surface area contributed by atoms with E-state index in [0.29, 0.717) is 19.0 Å². The molecule has 1 aromatic rings. The van der Waals surface area contributed by atoms with Crippen LogP contribution >= 0.6 is 0 Å². The Hall–Kier alpha value is -1.36. The Kier molecular flexibility index (Phi) is 2.02. The first-order chi connectivity index (χ1) is 6.29. The minimum Gasteiger partial charge on any atom is -0.476 e. The molecule has 1 aliphatic rings. The highest BCUT2D eigenvalue weighted by molar-refractivity contribution is 5.86. The van der Waals surface area contributed by atoms with E-state index in [1.807, 2.05) is 0 Å². The van der Waals surface area contributed by atoms with Crippen molar-refractivity contribution in [2.45, 2.75) is 12.3 Å². The first-order valence-corrected chi connectivity index (χ1v) is 4.03. The summed E-state index contributed by atoms with van der Waals surface area (Å²) >= 11 is 0. The fourth-order valence-electron chi connectivity index (χ4n) is 1.45. The van der Waals surface area contributed by atoms with Crippen molar-refractivity contribution in [1.82, 2.24) is 4.98 Å². The minimum absolute atomic E-state index is 0.00972. The highest BCUT2D eigenvalue weighted by atomic mass is 16.5. The Bertz CT molecular complexity index is 314. The van der Waals surface area contributed by atoms with Crippen molar-refractivity contribution in [3.63, 3.8) is 0 Å². The number of carboxylic acid groups (broad SMARTS) is 1. The van der Waals surface area contributed by atoms with Gasteiger partial charge in [0.2, 0.25) is 0 Å². The van der Waals surface area contributed by atoms with Crippen molar-refractivity contribution in [3.8, 4) is 0 Å². The zero-order valence-electron chi connectivity index (χ0n) is 6.90. The Morgan fingerprint density at radius 1 is 1.69 bits per heavy atom. The molecule has 0 bridgehead atoms. The van der Waals surface area contributed by atoms with Crippen LogP contribution in [-0.2, 0) is 4.74 Å². The summed E-state index contributed by atoms with van der Waals surface area (Å²) in [6.07, 6.45) is 1.96. The van der Waals surface area contributed by atoms with Crippen LogP contribution in [0.1, 0.15) is 28.6 Å². The van der Waals surface area contributed by atoms with Crippen LogP contribution in [0.15, 0.2) is 10.8 Å². The average Bonchev–Trinajstić information content (AvgIpc) is 2.74. The van der Waals surface area contributed by atoms with E-state index in [2.05, 4.69) is 4.98 Å². The average molecular weight is 183 g/mol. The van der Waals surface area contributed by atoms with Gasteiger partial charge in [0.25, 0.3) is 0 Å². The lowest BCUT2D eigenvalue weighted by Crippen LogP contribution is -2.05. The van der Waals surface area contributed by atoms with Gasteiger partial charge in [0, 0.05) is 12.5 Å². The molecule has 1 N–H and O–H groups in total. The predicted octanol–water partition coefficient (Wildman–Crippen LogP) is 0.877. The quantitative estimate of drug-likeness (QED) is 0.736. The molecular formula is C8H9NO4. The Labute approximate surface area is 74.3 Å². The lowest BCUT2D eigenvalue weighted by atomic mass is 10.0. The maximum atomic E-state index is 10.7. The molecule has 1 aromatic heterocycles. The van der Waals surface area contributed by atoms with E-state index in [4.69, 9.17) is 14.3 Å². The molecule has 5 heteroatoms. The van der Waals surface area contributed by atoms with E-state index in [1.165, 1.54) is 0 Å². The third-order valence-electron chi connectivity index (χ3n) is 2.10. The van der Waals surface area contributed by atoms with Crippen LogP contribution in [0.4, 0.5) is 0 Å². The van der Waals surface area contributed by atoms with E-state index in [0.717, 1.165) is 12.8 Å². The molecular weight excluding hydrogens is 174 g/mol. The van der Waals surface area contributed by atoms with Crippen LogP contribution in [0.5, 0.6) is 0 Å². The molecule has 1 saturated heterocycles. The van der Waals surface area contributed by atoms with Crippen molar-refractivity contribution in [2.24, 2.45) is 0 Å². The number of carboxylic acids is 1. The van der Waals surface area contributed by atoms with E-state index in [1.54, 1.807) is 0 Å². The number of rotatable bonds is 2. The summed E-state index contributed by atoms with van der Waals surface area (Å²) in [4.78, 5) is 14.3. The summed E-state index contributed by atoms with van der Waals surface area (Å²) < 4.78 is 10.2. The predicted molar refractivity (Wildman–Crippen MR) is 41.6 cm³/mol. The maximum absolute atomic E-state index is 10.7. The van der Waals surface area contributed by atoms with Gasteiger partial charge in [-0.3, -0.25) is 0 Å². The number of hydrogen-bond acceptors (Lipinski definition) is 4. The van der Waals surface area contributed by atoms with Gasteiger partial charge >= 0.3 is 5.97 Å². The third kappa shape index (κ3) is 1.42. The molecule has 0 spiro atoms. The molecule has 70 valence electrons.